The molecule has 180 valence electrons. The van der Waals surface area contributed by atoms with Crippen molar-refractivity contribution in [3.8, 4) is 17.2 Å². The first-order valence-electron chi connectivity index (χ1n) is 11.3. The van der Waals surface area contributed by atoms with Crippen molar-refractivity contribution in [2.45, 2.75) is 26.4 Å². The molecule has 3 aromatic rings. The highest BCUT2D eigenvalue weighted by Crippen LogP contribution is 2.42. The molecule has 8 heteroatoms. The number of carbonyl (C=O) groups is 2. The first-order valence-corrected chi connectivity index (χ1v) is 11.3. The Balaban J connectivity index is 1.87. The van der Waals surface area contributed by atoms with Gasteiger partial charge < -0.3 is 24.6 Å². The molecule has 1 aliphatic heterocycles. The lowest BCUT2D eigenvalue weighted by Crippen LogP contribution is -2.29. The number of aliphatic hydroxyl groups excluding tert-OH is 1. The zero-order valence-electron chi connectivity index (χ0n) is 19.5. The number of aromatic hydroxyl groups is 1. The first-order chi connectivity index (χ1) is 16.9. The fourth-order valence-corrected chi connectivity index (χ4v) is 4.11. The molecule has 0 bridgehead atoms. The Labute approximate surface area is 203 Å². The van der Waals surface area contributed by atoms with Crippen molar-refractivity contribution in [3.63, 3.8) is 0 Å². The number of ketones is 1. The summed E-state index contributed by atoms with van der Waals surface area (Å²) in [5, 5.41) is 21.5. The number of hydrogen-bond acceptors (Lipinski definition) is 7. The third-order valence-corrected chi connectivity index (χ3v) is 5.63. The Kier molecular flexibility index (Phi) is 7.01. The van der Waals surface area contributed by atoms with E-state index >= 15 is 0 Å². The molecule has 2 N–H and O–H groups in total. The van der Waals surface area contributed by atoms with Crippen molar-refractivity contribution in [3.05, 3.63) is 89.3 Å². The van der Waals surface area contributed by atoms with E-state index in [2.05, 4.69) is 4.98 Å². The Morgan fingerprint density at radius 1 is 1.03 bits per heavy atom. The molecule has 0 radical (unpaired) electrons. The molecule has 1 amide bonds. The van der Waals surface area contributed by atoms with Gasteiger partial charge in [-0.1, -0.05) is 24.3 Å². The molecular formula is C27H26N2O6. The number of phenolic OH excluding ortho intramolecular Hbond substituents is 1. The van der Waals surface area contributed by atoms with Gasteiger partial charge in [-0.05, 0) is 55.3 Å². The first kappa shape index (κ1) is 23.8. The van der Waals surface area contributed by atoms with Crippen LogP contribution in [0.3, 0.4) is 0 Å². The Bertz CT molecular complexity index is 1270. The molecule has 8 nitrogen and oxygen atoms in total. The fourth-order valence-electron chi connectivity index (χ4n) is 4.11. The van der Waals surface area contributed by atoms with Gasteiger partial charge in [0.2, 0.25) is 0 Å². The molecule has 1 saturated heterocycles. The highest BCUT2D eigenvalue weighted by molar-refractivity contribution is 6.46. The molecule has 2 heterocycles. The SMILES string of the molecule is CCOc1cccc(C(O)=C2C(=O)C(=O)N(Cc3cccnc3)C2c2ccc(O)c(OCC)c2)c1. The van der Waals surface area contributed by atoms with Crippen LogP contribution in [-0.4, -0.2) is 45.0 Å². The van der Waals surface area contributed by atoms with Crippen LogP contribution in [0.25, 0.3) is 5.76 Å². The summed E-state index contributed by atoms with van der Waals surface area (Å²) in [7, 11) is 0. The average molecular weight is 475 g/mol. The van der Waals surface area contributed by atoms with Gasteiger partial charge in [0.25, 0.3) is 11.7 Å². The van der Waals surface area contributed by atoms with Gasteiger partial charge >= 0.3 is 0 Å². The molecule has 0 saturated carbocycles. The van der Waals surface area contributed by atoms with Crippen molar-refractivity contribution in [1.29, 1.82) is 0 Å². The van der Waals surface area contributed by atoms with E-state index < -0.39 is 17.7 Å². The maximum Gasteiger partial charge on any atom is 0.295 e. The van der Waals surface area contributed by atoms with E-state index in [1.165, 1.54) is 11.0 Å². The van der Waals surface area contributed by atoms with Crippen molar-refractivity contribution in [1.82, 2.24) is 9.88 Å². The number of rotatable bonds is 8. The van der Waals surface area contributed by atoms with Crippen molar-refractivity contribution < 1.29 is 29.3 Å². The number of hydrogen-bond donors (Lipinski definition) is 2. The fraction of sp³-hybridized carbons (Fsp3) is 0.222. The quantitative estimate of drug-likeness (QED) is 0.286. The van der Waals surface area contributed by atoms with Gasteiger partial charge in [0.15, 0.2) is 11.5 Å². The van der Waals surface area contributed by atoms with E-state index in [-0.39, 0.29) is 29.4 Å². The summed E-state index contributed by atoms with van der Waals surface area (Å²) in [4.78, 5) is 31.9. The summed E-state index contributed by atoms with van der Waals surface area (Å²) in [5.74, 6) is -1.17. The smallest absolute Gasteiger partial charge is 0.295 e. The van der Waals surface area contributed by atoms with Gasteiger partial charge in [-0.15, -0.1) is 0 Å². The predicted molar refractivity (Wildman–Crippen MR) is 129 cm³/mol. The van der Waals surface area contributed by atoms with Crippen LogP contribution in [0.15, 0.2) is 72.6 Å². The summed E-state index contributed by atoms with van der Waals surface area (Å²) >= 11 is 0. The molecule has 2 aromatic carbocycles. The zero-order valence-corrected chi connectivity index (χ0v) is 19.5. The number of amides is 1. The molecule has 1 aromatic heterocycles. The second-order valence-electron chi connectivity index (χ2n) is 7.91. The molecule has 1 atom stereocenters. The standard InChI is InChI=1S/C27H26N2O6/c1-3-34-20-9-5-8-19(13-20)25(31)23-24(18-10-11-21(30)22(14-18)35-4-2)29(27(33)26(23)32)16-17-7-6-12-28-15-17/h5-15,24,30-31H,3-4,16H2,1-2H3. The lowest BCUT2D eigenvalue weighted by atomic mass is 9.94. The zero-order chi connectivity index (χ0) is 24.9. The van der Waals surface area contributed by atoms with E-state index in [0.29, 0.717) is 30.1 Å². The number of likely N-dealkylation sites (tertiary alicyclic amines) is 1. The molecule has 0 aliphatic carbocycles. The minimum absolute atomic E-state index is 0.0549. The van der Waals surface area contributed by atoms with E-state index in [1.54, 1.807) is 67.8 Å². The summed E-state index contributed by atoms with van der Waals surface area (Å²) < 4.78 is 11.1. The second-order valence-corrected chi connectivity index (χ2v) is 7.91. The van der Waals surface area contributed by atoms with Crippen LogP contribution in [0.2, 0.25) is 0 Å². The predicted octanol–water partition coefficient (Wildman–Crippen LogP) is 4.21. The molecule has 1 fully saturated rings. The largest absolute Gasteiger partial charge is 0.507 e. The Hall–Kier alpha value is -4.33. The number of nitrogens with zero attached hydrogens (tertiary/aromatic N) is 2. The topological polar surface area (TPSA) is 109 Å². The van der Waals surface area contributed by atoms with Crippen LogP contribution in [0.1, 0.15) is 36.6 Å². The molecule has 1 unspecified atom stereocenters. The molecule has 1 aliphatic rings. The number of Topliss-reactive ketones (excluding diaryl/α,β-unsaturated/α-hetero) is 1. The summed E-state index contributed by atoms with van der Waals surface area (Å²) in [6, 6.07) is 14.0. The number of benzene rings is 2. The summed E-state index contributed by atoms with van der Waals surface area (Å²) in [6.45, 7) is 4.48. The molecule has 0 spiro atoms. The lowest BCUT2D eigenvalue weighted by Gasteiger charge is -2.26. The number of pyridine rings is 1. The van der Waals surface area contributed by atoms with E-state index in [4.69, 9.17) is 9.47 Å². The maximum absolute atomic E-state index is 13.3. The van der Waals surface area contributed by atoms with E-state index in [9.17, 15) is 19.8 Å². The maximum atomic E-state index is 13.3. The lowest BCUT2D eigenvalue weighted by molar-refractivity contribution is -0.140. The minimum Gasteiger partial charge on any atom is -0.507 e. The van der Waals surface area contributed by atoms with Crippen LogP contribution in [-0.2, 0) is 16.1 Å². The van der Waals surface area contributed by atoms with Crippen LogP contribution in [0.5, 0.6) is 17.2 Å². The summed E-state index contributed by atoms with van der Waals surface area (Å²) in [5.41, 5.74) is 1.53. The summed E-state index contributed by atoms with van der Waals surface area (Å²) in [6.07, 6.45) is 3.24. The van der Waals surface area contributed by atoms with Crippen molar-refractivity contribution in [2.75, 3.05) is 13.2 Å². The number of phenols is 1. The number of carbonyl (C=O) groups excluding carboxylic acids is 2. The number of ether oxygens (including phenoxy) is 2. The normalized spacial score (nSPS) is 17.0. The van der Waals surface area contributed by atoms with Gasteiger partial charge in [0.05, 0.1) is 24.8 Å². The average Bonchev–Trinajstić information content (AvgIpc) is 3.11. The van der Waals surface area contributed by atoms with Crippen molar-refractivity contribution in [2.24, 2.45) is 0 Å². The molecular weight excluding hydrogens is 448 g/mol. The third-order valence-electron chi connectivity index (χ3n) is 5.63. The minimum atomic E-state index is -0.911. The van der Waals surface area contributed by atoms with Gasteiger partial charge in [0.1, 0.15) is 11.5 Å². The van der Waals surface area contributed by atoms with Crippen molar-refractivity contribution >= 4 is 17.4 Å². The third kappa shape index (κ3) is 4.82. The highest BCUT2D eigenvalue weighted by Gasteiger charge is 2.46. The van der Waals surface area contributed by atoms with Gasteiger partial charge in [-0.2, -0.15) is 0 Å². The van der Waals surface area contributed by atoms with E-state index in [0.717, 1.165) is 5.56 Å². The van der Waals surface area contributed by atoms with Gasteiger partial charge in [-0.3, -0.25) is 14.6 Å². The number of aliphatic hydroxyl groups is 1. The molecule has 35 heavy (non-hydrogen) atoms. The second kappa shape index (κ2) is 10.3. The monoisotopic (exact) mass is 474 g/mol. The van der Waals surface area contributed by atoms with Crippen LogP contribution in [0.4, 0.5) is 0 Å². The number of aromatic nitrogens is 1. The highest BCUT2D eigenvalue weighted by atomic mass is 16.5. The van der Waals surface area contributed by atoms with E-state index in [1.807, 2.05) is 6.92 Å². The molecule has 4 rings (SSSR count). The van der Waals surface area contributed by atoms with Crippen LogP contribution < -0.4 is 9.47 Å². The van der Waals surface area contributed by atoms with Gasteiger partial charge in [0, 0.05) is 24.5 Å². The Morgan fingerprint density at radius 2 is 1.83 bits per heavy atom. The van der Waals surface area contributed by atoms with Gasteiger partial charge in [-0.25, -0.2) is 0 Å². The Morgan fingerprint density at radius 3 is 2.54 bits per heavy atom. The van der Waals surface area contributed by atoms with Crippen LogP contribution in [0, 0.1) is 0 Å². The van der Waals surface area contributed by atoms with Crippen LogP contribution >= 0.6 is 0 Å².